The van der Waals surface area contributed by atoms with Gasteiger partial charge in [-0.15, -0.1) is 11.3 Å². The van der Waals surface area contributed by atoms with Gasteiger partial charge in [0.05, 0.1) is 6.33 Å². The largest absolute Gasteiger partial charge is 0.306 e. The van der Waals surface area contributed by atoms with E-state index >= 15 is 0 Å². The first-order valence-corrected chi connectivity index (χ1v) is 7.91. The van der Waals surface area contributed by atoms with Crippen LogP contribution < -0.4 is 5.32 Å². The van der Waals surface area contributed by atoms with E-state index in [1.807, 2.05) is 28.4 Å². The highest BCUT2D eigenvalue weighted by Gasteiger charge is 2.07. The molecular weight excluding hydrogens is 278 g/mol. The minimum atomic E-state index is 0.386. The van der Waals surface area contributed by atoms with E-state index in [1.165, 1.54) is 15.3 Å². The van der Waals surface area contributed by atoms with Gasteiger partial charge in [-0.25, -0.2) is 4.98 Å². The van der Waals surface area contributed by atoms with E-state index in [1.54, 1.807) is 6.20 Å². The third-order valence-electron chi connectivity index (χ3n) is 3.54. The standard InChI is InChI=1S/C17H19N3S/c1-13-3-8-17(21-13)14(2)19-11-15-4-6-16(7-5-15)20-10-9-18-12-20/h3-10,12,14,19H,11H2,1-2H3. The van der Waals surface area contributed by atoms with Gasteiger partial charge < -0.3 is 9.88 Å². The predicted molar refractivity (Wildman–Crippen MR) is 87.9 cm³/mol. The van der Waals surface area contributed by atoms with Gasteiger partial charge in [0, 0.05) is 40.4 Å². The fraction of sp³-hybridized carbons (Fsp3) is 0.235. The molecule has 3 aromatic rings. The lowest BCUT2D eigenvalue weighted by atomic mass is 10.2. The van der Waals surface area contributed by atoms with Gasteiger partial charge in [0.25, 0.3) is 0 Å². The maximum Gasteiger partial charge on any atom is 0.0991 e. The van der Waals surface area contributed by atoms with Crippen molar-refractivity contribution in [3.63, 3.8) is 0 Å². The Kier molecular flexibility index (Phi) is 4.18. The van der Waals surface area contributed by atoms with Crippen LogP contribution in [0.2, 0.25) is 0 Å². The van der Waals surface area contributed by atoms with Crippen molar-refractivity contribution in [1.82, 2.24) is 14.9 Å². The Morgan fingerprint density at radius 1 is 1.19 bits per heavy atom. The van der Waals surface area contributed by atoms with Crippen molar-refractivity contribution in [2.24, 2.45) is 0 Å². The summed E-state index contributed by atoms with van der Waals surface area (Å²) in [5, 5.41) is 3.57. The molecule has 0 amide bonds. The zero-order chi connectivity index (χ0) is 14.7. The molecule has 1 N–H and O–H groups in total. The van der Waals surface area contributed by atoms with Crippen LogP contribution in [0.4, 0.5) is 0 Å². The summed E-state index contributed by atoms with van der Waals surface area (Å²) in [6.45, 7) is 5.24. The molecule has 3 rings (SSSR count). The third-order valence-corrected chi connectivity index (χ3v) is 4.72. The number of benzene rings is 1. The van der Waals surface area contributed by atoms with Crippen LogP contribution in [0.25, 0.3) is 5.69 Å². The molecule has 0 aliphatic rings. The number of aryl methyl sites for hydroxylation is 1. The van der Waals surface area contributed by atoms with Crippen molar-refractivity contribution >= 4 is 11.3 Å². The number of nitrogens with one attached hydrogen (secondary N) is 1. The van der Waals surface area contributed by atoms with E-state index in [0.29, 0.717) is 6.04 Å². The van der Waals surface area contributed by atoms with Crippen molar-refractivity contribution in [3.8, 4) is 5.69 Å². The number of nitrogens with zero attached hydrogens (tertiary/aromatic N) is 2. The lowest BCUT2D eigenvalue weighted by Gasteiger charge is -2.12. The van der Waals surface area contributed by atoms with Gasteiger partial charge >= 0.3 is 0 Å². The Hall–Kier alpha value is -1.91. The second-order valence-corrected chi connectivity index (χ2v) is 6.51. The predicted octanol–water partition coefficient (Wildman–Crippen LogP) is 4.09. The molecule has 0 fully saturated rings. The molecule has 0 bridgehead atoms. The Bertz CT molecular complexity index is 683. The summed E-state index contributed by atoms with van der Waals surface area (Å²) in [6, 6.07) is 13.3. The average molecular weight is 297 g/mol. The van der Waals surface area contributed by atoms with E-state index in [2.05, 4.69) is 60.5 Å². The van der Waals surface area contributed by atoms with E-state index in [-0.39, 0.29) is 0 Å². The average Bonchev–Trinajstić information content (AvgIpc) is 3.16. The molecule has 21 heavy (non-hydrogen) atoms. The van der Waals surface area contributed by atoms with Crippen LogP contribution in [-0.2, 0) is 6.54 Å². The number of rotatable bonds is 5. The van der Waals surface area contributed by atoms with Crippen LogP contribution in [0.15, 0.2) is 55.1 Å². The molecule has 0 radical (unpaired) electrons. The number of hydrogen-bond donors (Lipinski definition) is 1. The second kappa shape index (κ2) is 6.24. The molecule has 3 nitrogen and oxygen atoms in total. The monoisotopic (exact) mass is 297 g/mol. The molecule has 1 unspecified atom stereocenters. The highest BCUT2D eigenvalue weighted by atomic mass is 32.1. The summed E-state index contributed by atoms with van der Waals surface area (Å²) in [5.41, 5.74) is 2.43. The molecule has 2 heterocycles. The first-order valence-electron chi connectivity index (χ1n) is 7.09. The van der Waals surface area contributed by atoms with Gasteiger partial charge in [-0.3, -0.25) is 0 Å². The zero-order valence-electron chi connectivity index (χ0n) is 12.3. The quantitative estimate of drug-likeness (QED) is 0.768. The van der Waals surface area contributed by atoms with Crippen LogP contribution in [-0.4, -0.2) is 9.55 Å². The Morgan fingerprint density at radius 3 is 2.62 bits per heavy atom. The van der Waals surface area contributed by atoms with Crippen molar-refractivity contribution < 1.29 is 0 Å². The molecule has 0 spiro atoms. The third kappa shape index (κ3) is 3.40. The van der Waals surface area contributed by atoms with Crippen LogP contribution in [0, 0.1) is 6.92 Å². The first kappa shape index (κ1) is 14.0. The Balaban J connectivity index is 1.61. The zero-order valence-corrected chi connectivity index (χ0v) is 13.1. The molecule has 1 aromatic carbocycles. The van der Waals surface area contributed by atoms with E-state index in [4.69, 9.17) is 0 Å². The number of imidazole rings is 1. The van der Waals surface area contributed by atoms with E-state index in [0.717, 1.165) is 12.2 Å². The summed E-state index contributed by atoms with van der Waals surface area (Å²) >= 11 is 1.86. The lowest BCUT2D eigenvalue weighted by Crippen LogP contribution is -2.17. The minimum absolute atomic E-state index is 0.386. The molecule has 0 aliphatic heterocycles. The molecule has 0 saturated heterocycles. The van der Waals surface area contributed by atoms with Crippen molar-refractivity contribution in [2.45, 2.75) is 26.4 Å². The van der Waals surface area contributed by atoms with Gasteiger partial charge in [0.2, 0.25) is 0 Å². The van der Waals surface area contributed by atoms with Crippen LogP contribution in [0.5, 0.6) is 0 Å². The number of aromatic nitrogens is 2. The van der Waals surface area contributed by atoms with Crippen molar-refractivity contribution in [1.29, 1.82) is 0 Å². The SMILES string of the molecule is Cc1ccc(C(C)NCc2ccc(-n3ccnc3)cc2)s1. The van der Waals surface area contributed by atoms with Gasteiger partial charge in [0.1, 0.15) is 0 Å². The summed E-state index contributed by atoms with van der Waals surface area (Å²) in [4.78, 5) is 6.82. The smallest absolute Gasteiger partial charge is 0.0991 e. The highest BCUT2D eigenvalue weighted by Crippen LogP contribution is 2.22. The topological polar surface area (TPSA) is 29.9 Å². The van der Waals surface area contributed by atoms with E-state index < -0.39 is 0 Å². The lowest BCUT2D eigenvalue weighted by molar-refractivity contribution is 0.583. The van der Waals surface area contributed by atoms with E-state index in [9.17, 15) is 0 Å². The maximum absolute atomic E-state index is 4.07. The number of thiophene rings is 1. The summed E-state index contributed by atoms with van der Waals surface area (Å²) in [7, 11) is 0. The van der Waals surface area contributed by atoms with Gasteiger partial charge in [-0.2, -0.15) is 0 Å². The van der Waals surface area contributed by atoms with Crippen LogP contribution in [0.1, 0.15) is 28.3 Å². The maximum atomic E-state index is 4.07. The van der Waals surface area contributed by atoms with Crippen molar-refractivity contribution in [2.75, 3.05) is 0 Å². The Labute approximate surface area is 129 Å². The summed E-state index contributed by atoms with van der Waals surface area (Å²) in [6.07, 6.45) is 5.56. The van der Waals surface area contributed by atoms with Gasteiger partial charge in [-0.05, 0) is 43.7 Å². The minimum Gasteiger partial charge on any atom is -0.306 e. The molecule has 2 aromatic heterocycles. The molecule has 0 saturated carbocycles. The second-order valence-electron chi connectivity index (χ2n) is 5.19. The van der Waals surface area contributed by atoms with Gasteiger partial charge in [0.15, 0.2) is 0 Å². The molecular formula is C17H19N3S. The Morgan fingerprint density at radius 2 is 2.00 bits per heavy atom. The van der Waals surface area contributed by atoms with Crippen LogP contribution in [0.3, 0.4) is 0 Å². The molecule has 108 valence electrons. The molecule has 4 heteroatoms. The van der Waals surface area contributed by atoms with Crippen molar-refractivity contribution in [3.05, 3.63) is 70.4 Å². The molecule has 0 aliphatic carbocycles. The summed E-state index contributed by atoms with van der Waals surface area (Å²) < 4.78 is 2.01. The van der Waals surface area contributed by atoms with Crippen LogP contribution >= 0.6 is 11.3 Å². The normalized spacial score (nSPS) is 12.5. The van der Waals surface area contributed by atoms with Gasteiger partial charge in [-0.1, -0.05) is 12.1 Å². The number of hydrogen-bond acceptors (Lipinski definition) is 3. The fourth-order valence-electron chi connectivity index (χ4n) is 2.26. The molecule has 1 atom stereocenters. The first-order chi connectivity index (χ1) is 10.2. The fourth-order valence-corrected chi connectivity index (χ4v) is 3.16. The summed E-state index contributed by atoms with van der Waals surface area (Å²) in [5.74, 6) is 0. The highest BCUT2D eigenvalue weighted by molar-refractivity contribution is 7.12.